The van der Waals surface area contributed by atoms with Crippen LogP contribution in [0.4, 0.5) is 5.13 Å². The number of furan rings is 1. The Labute approximate surface area is 109 Å². The molecule has 96 valence electrons. The van der Waals surface area contributed by atoms with E-state index in [2.05, 4.69) is 15.2 Å². The van der Waals surface area contributed by atoms with Gasteiger partial charge in [0.25, 0.3) is 0 Å². The van der Waals surface area contributed by atoms with Crippen LogP contribution in [-0.2, 0) is 17.9 Å². The monoisotopic (exact) mass is 265 g/mol. The molecule has 2 aromatic rings. The zero-order valence-corrected chi connectivity index (χ0v) is 11.2. The Kier molecular flexibility index (Phi) is 4.11. The van der Waals surface area contributed by atoms with Crippen molar-refractivity contribution in [2.24, 2.45) is 0 Å². The van der Waals surface area contributed by atoms with Crippen LogP contribution in [0.5, 0.6) is 0 Å². The molecule has 0 saturated carbocycles. The number of amides is 1. The van der Waals surface area contributed by atoms with Gasteiger partial charge in [0, 0.05) is 18.8 Å². The molecule has 2 rings (SSSR count). The van der Waals surface area contributed by atoms with Crippen LogP contribution in [0.15, 0.2) is 28.2 Å². The Hall–Kier alpha value is -1.66. The standard InChI is InChI=1S/C12H15N3O2S/c1-9(16)13-12-14-10(8-18-12)6-15(2)7-11-4-3-5-17-11/h3-5,8H,6-7H2,1-2H3,(H,13,14,16). The summed E-state index contributed by atoms with van der Waals surface area (Å²) in [5.74, 6) is 0.828. The quantitative estimate of drug-likeness (QED) is 0.901. The second-order valence-electron chi connectivity index (χ2n) is 4.08. The lowest BCUT2D eigenvalue weighted by Crippen LogP contribution is -2.17. The van der Waals surface area contributed by atoms with Crippen LogP contribution in [0.3, 0.4) is 0 Å². The average molecular weight is 265 g/mol. The smallest absolute Gasteiger partial charge is 0.223 e. The summed E-state index contributed by atoms with van der Waals surface area (Å²) in [5, 5.41) is 5.27. The highest BCUT2D eigenvalue weighted by Crippen LogP contribution is 2.17. The van der Waals surface area contributed by atoms with Gasteiger partial charge in [0.2, 0.25) is 5.91 Å². The van der Waals surface area contributed by atoms with Crippen molar-refractivity contribution in [1.82, 2.24) is 9.88 Å². The second kappa shape index (κ2) is 5.79. The highest BCUT2D eigenvalue weighted by Gasteiger charge is 2.07. The van der Waals surface area contributed by atoms with E-state index in [0.717, 1.165) is 24.5 Å². The molecular formula is C12H15N3O2S. The van der Waals surface area contributed by atoms with Crippen molar-refractivity contribution in [2.75, 3.05) is 12.4 Å². The number of anilines is 1. The number of aromatic nitrogens is 1. The molecule has 6 heteroatoms. The first kappa shape index (κ1) is 12.8. The topological polar surface area (TPSA) is 58.4 Å². The number of thiazole rings is 1. The molecule has 0 aliphatic heterocycles. The third kappa shape index (κ3) is 3.68. The molecule has 2 heterocycles. The maximum absolute atomic E-state index is 10.9. The van der Waals surface area contributed by atoms with E-state index in [4.69, 9.17) is 4.42 Å². The average Bonchev–Trinajstić information content (AvgIpc) is 2.89. The van der Waals surface area contributed by atoms with Gasteiger partial charge in [-0.2, -0.15) is 0 Å². The van der Waals surface area contributed by atoms with Gasteiger partial charge in [-0.3, -0.25) is 9.69 Å². The Morgan fingerprint density at radius 1 is 1.56 bits per heavy atom. The number of hydrogen-bond donors (Lipinski definition) is 1. The van der Waals surface area contributed by atoms with E-state index in [1.54, 1.807) is 6.26 Å². The number of carbonyl (C=O) groups excluding carboxylic acids is 1. The van der Waals surface area contributed by atoms with Crippen molar-refractivity contribution >= 4 is 22.4 Å². The molecule has 5 nitrogen and oxygen atoms in total. The van der Waals surface area contributed by atoms with E-state index in [0.29, 0.717) is 5.13 Å². The van der Waals surface area contributed by atoms with Crippen molar-refractivity contribution in [1.29, 1.82) is 0 Å². The van der Waals surface area contributed by atoms with E-state index in [1.807, 2.05) is 24.6 Å². The maximum atomic E-state index is 10.9. The van der Waals surface area contributed by atoms with Crippen LogP contribution < -0.4 is 5.32 Å². The maximum Gasteiger partial charge on any atom is 0.223 e. The van der Waals surface area contributed by atoms with E-state index in [1.165, 1.54) is 18.3 Å². The molecule has 0 aliphatic rings. The van der Waals surface area contributed by atoms with Crippen LogP contribution >= 0.6 is 11.3 Å². The zero-order valence-electron chi connectivity index (χ0n) is 10.3. The highest BCUT2D eigenvalue weighted by molar-refractivity contribution is 7.13. The summed E-state index contributed by atoms with van der Waals surface area (Å²) in [5.41, 5.74) is 0.942. The van der Waals surface area contributed by atoms with Gasteiger partial charge < -0.3 is 9.73 Å². The minimum Gasteiger partial charge on any atom is -0.468 e. The summed E-state index contributed by atoms with van der Waals surface area (Å²) in [4.78, 5) is 17.3. The normalized spacial score (nSPS) is 10.8. The molecule has 0 unspecified atom stereocenters. The number of nitrogens with one attached hydrogen (secondary N) is 1. The van der Waals surface area contributed by atoms with Gasteiger partial charge in [0.15, 0.2) is 5.13 Å². The van der Waals surface area contributed by atoms with Crippen LogP contribution in [-0.4, -0.2) is 22.8 Å². The fourth-order valence-electron chi connectivity index (χ4n) is 1.59. The number of nitrogens with zero attached hydrogens (tertiary/aromatic N) is 2. The minimum atomic E-state index is -0.0974. The summed E-state index contributed by atoms with van der Waals surface area (Å²) < 4.78 is 5.28. The molecular weight excluding hydrogens is 250 g/mol. The van der Waals surface area contributed by atoms with Crippen molar-refractivity contribution in [3.63, 3.8) is 0 Å². The Morgan fingerprint density at radius 3 is 3.06 bits per heavy atom. The number of carbonyl (C=O) groups is 1. The second-order valence-corrected chi connectivity index (χ2v) is 4.93. The molecule has 0 atom stereocenters. The third-order valence-corrected chi connectivity index (χ3v) is 3.08. The van der Waals surface area contributed by atoms with Gasteiger partial charge in [-0.1, -0.05) is 0 Å². The minimum absolute atomic E-state index is 0.0974. The first-order valence-electron chi connectivity index (χ1n) is 5.56. The predicted octanol–water partition coefficient (Wildman–Crippen LogP) is 2.33. The molecule has 1 amide bonds. The fourth-order valence-corrected chi connectivity index (χ4v) is 2.34. The third-order valence-electron chi connectivity index (χ3n) is 2.27. The van der Waals surface area contributed by atoms with Crippen LogP contribution in [0.2, 0.25) is 0 Å². The van der Waals surface area contributed by atoms with Gasteiger partial charge >= 0.3 is 0 Å². The largest absolute Gasteiger partial charge is 0.468 e. The van der Waals surface area contributed by atoms with E-state index in [9.17, 15) is 4.79 Å². The first-order valence-corrected chi connectivity index (χ1v) is 6.44. The van der Waals surface area contributed by atoms with Crippen LogP contribution in [0.1, 0.15) is 18.4 Å². The Morgan fingerprint density at radius 2 is 2.39 bits per heavy atom. The van der Waals surface area contributed by atoms with E-state index >= 15 is 0 Å². The predicted molar refractivity (Wildman–Crippen MR) is 70.3 cm³/mol. The molecule has 18 heavy (non-hydrogen) atoms. The summed E-state index contributed by atoms with van der Waals surface area (Å²) >= 11 is 1.43. The SMILES string of the molecule is CC(=O)Nc1nc(CN(C)Cc2ccco2)cs1. The molecule has 0 aliphatic carbocycles. The molecule has 0 fully saturated rings. The Balaban J connectivity index is 1.88. The van der Waals surface area contributed by atoms with Crippen LogP contribution in [0.25, 0.3) is 0 Å². The van der Waals surface area contributed by atoms with Gasteiger partial charge in [-0.15, -0.1) is 11.3 Å². The van der Waals surface area contributed by atoms with Crippen molar-refractivity contribution in [3.05, 3.63) is 35.2 Å². The lowest BCUT2D eigenvalue weighted by Gasteiger charge is -2.12. The number of hydrogen-bond acceptors (Lipinski definition) is 5. The molecule has 0 aromatic carbocycles. The molecule has 2 aromatic heterocycles. The molecule has 0 bridgehead atoms. The lowest BCUT2D eigenvalue weighted by atomic mass is 10.4. The van der Waals surface area contributed by atoms with E-state index < -0.39 is 0 Å². The molecule has 0 radical (unpaired) electrons. The van der Waals surface area contributed by atoms with Gasteiger partial charge in [-0.25, -0.2) is 4.98 Å². The van der Waals surface area contributed by atoms with Crippen molar-refractivity contribution in [2.45, 2.75) is 20.0 Å². The van der Waals surface area contributed by atoms with E-state index in [-0.39, 0.29) is 5.91 Å². The summed E-state index contributed by atoms with van der Waals surface area (Å²) in [6.45, 7) is 2.93. The lowest BCUT2D eigenvalue weighted by molar-refractivity contribution is -0.114. The first-order chi connectivity index (χ1) is 8.63. The van der Waals surface area contributed by atoms with Gasteiger partial charge in [0.05, 0.1) is 18.5 Å². The van der Waals surface area contributed by atoms with Crippen LogP contribution in [0, 0.1) is 0 Å². The summed E-state index contributed by atoms with van der Waals surface area (Å²) in [7, 11) is 2.00. The fraction of sp³-hybridized carbons (Fsp3) is 0.333. The zero-order chi connectivity index (χ0) is 13.0. The summed E-state index contributed by atoms with van der Waals surface area (Å²) in [6.07, 6.45) is 1.67. The molecule has 0 saturated heterocycles. The van der Waals surface area contributed by atoms with Gasteiger partial charge in [-0.05, 0) is 19.2 Å². The van der Waals surface area contributed by atoms with Crippen molar-refractivity contribution in [3.8, 4) is 0 Å². The Bertz CT molecular complexity index is 507. The van der Waals surface area contributed by atoms with Gasteiger partial charge in [0.1, 0.15) is 5.76 Å². The number of rotatable bonds is 5. The molecule has 1 N–H and O–H groups in total. The molecule has 0 spiro atoms. The highest BCUT2D eigenvalue weighted by atomic mass is 32.1. The summed E-state index contributed by atoms with van der Waals surface area (Å²) in [6, 6.07) is 3.82. The van der Waals surface area contributed by atoms with Crippen molar-refractivity contribution < 1.29 is 9.21 Å².